The van der Waals surface area contributed by atoms with Gasteiger partial charge in [0.25, 0.3) is 0 Å². The molecule has 0 heterocycles. The summed E-state index contributed by atoms with van der Waals surface area (Å²) in [5.74, 6) is -0.975. The molecule has 0 spiro atoms. The van der Waals surface area contributed by atoms with Crippen molar-refractivity contribution in [2.24, 2.45) is 5.41 Å². The zero-order valence-corrected chi connectivity index (χ0v) is 14.0. The number of hydrogen-bond donors (Lipinski definition) is 2. The van der Waals surface area contributed by atoms with Crippen molar-refractivity contribution in [1.82, 2.24) is 5.32 Å². The average Bonchev–Trinajstić information content (AvgIpc) is 3.41. The van der Waals surface area contributed by atoms with Gasteiger partial charge in [-0.25, -0.2) is 0 Å². The van der Waals surface area contributed by atoms with Gasteiger partial charge in [0, 0.05) is 11.4 Å². The van der Waals surface area contributed by atoms with Gasteiger partial charge in [-0.15, -0.1) is 11.8 Å². The van der Waals surface area contributed by atoms with E-state index in [0.717, 1.165) is 10.5 Å². The quantitative estimate of drug-likeness (QED) is 0.757. The molecule has 3 rings (SSSR count). The molecule has 1 atom stereocenters. The summed E-state index contributed by atoms with van der Waals surface area (Å²) in [5.41, 5.74) is 0.151. The summed E-state index contributed by atoms with van der Waals surface area (Å²) in [6.07, 6.45) is 1.26. The van der Waals surface area contributed by atoms with Crippen LogP contribution in [0.4, 0.5) is 0 Å². The van der Waals surface area contributed by atoms with Crippen molar-refractivity contribution < 1.29 is 14.7 Å². The Morgan fingerprint density at radius 2 is 1.62 bits per heavy atom. The number of carbonyl (C=O) groups is 2. The first kappa shape index (κ1) is 16.6. The Morgan fingerprint density at radius 1 is 1.04 bits per heavy atom. The normalized spacial score (nSPS) is 16.2. The van der Waals surface area contributed by atoms with Gasteiger partial charge in [-0.1, -0.05) is 48.5 Å². The number of amides is 1. The molecule has 124 valence electrons. The Labute approximate surface area is 145 Å². The predicted octanol–water partition coefficient (Wildman–Crippen LogP) is 3.50. The second-order valence-electron chi connectivity index (χ2n) is 6.02. The number of aliphatic carboxylic acids is 1. The molecule has 1 aliphatic rings. The monoisotopic (exact) mass is 341 g/mol. The Bertz CT molecular complexity index is 714. The maximum Gasteiger partial charge on any atom is 0.311 e. The molecule has 1 unspecified atom stereocenters. The first-order valence-electron chi connectivity index (χ1n) is 7.88. The zero-order valence-electron chi connectivity index (χ0n) is 13.1. The highest BCUT2D eigenvalue weighted by Gasteiger charge is 2.50. The molecule has 2 N–H and O–H groups in total. The fourth-order valence-corrected chi connectivity index (χ4v) is 3.57. The predicted molar refractivity (Wildman–Crippen MR) is 93.8 cm³/mol. The van der Waals surface area contributed by atoms with Crippen molar-refractivity contribution in [3.8, 4) is 0 Å². The van der Waals surface area contributed by atoms with Crippen LogP contribution < -0.4 is 5.32 Å². The van der Waals surface area contributed by atoms with Gasteiger partial charge < -0.3 is 10.4 Å². The van der Waals surface area contributed by atoms with E-state index in [1.54, 1.807) is 0 Å². The number of carboxylic acid groups (broad SMARTS) is 1. The van der Waals surface area contributed by atoms with Crippen LogP contribution >= 0.6 is 11.8 Å². The Balaban J connectivity index is 1.74. The van der Waals surface area contributed by atoms with Crippen LogP contribution in [0.5, 0.6) is 0 Å². The Morgan fingerprint density at radius 3 is 2.17 bits per heavy atom. The molecule has 1 aliphatic carbocycles. The van der Waals surface area contributed by atoms with Crippen molar-refractivity contribution in [1.29, 1.82) is 0 Å². The summed E-state index contributed by atoms with van der Waals surface area (Å²) >= 11 is 1.47. The van der Waals surface area contributed by atoms with Gasteiger partial charge >= 0.3 is 5.97 Å². The molecule has 2 aromatic rings. The van der Waals surface area contributed by atoms with Gasteiger partial charge in [0.15, 0.2) is 0 Å². The first-order chi connectivity index (χ1) is 11.6. The molecule has 0 saturated heterocycles. The van der Waals surface area contributed by atoms with E-state index in [1.165, 1.54) is 11.8 Å². The highest BCUT2D eigenvalue weighted by atomic mass is 32.2. The van der Waals surface area contributed by atoms with Gasteiger partial charge in [0.2, 0.25) is 5.91 Å². The second-order valence-corrected chi connectivity index (χ2v) is 7.20. The van der Waals surface area contributed by atoms with Crippen LogP contribution in [0.1, 0.15) is 23.7 Å². The topological polar surface area (TPSA) is 66.4 Å². The lowest BCUT2D eigenvalue weighted by atomic mass is 10.1. The van der Waals surface area contributed by atoms with Gasteiger partial charge in [-0.3, -0.25) is 9.59 Å². The van der Waals surface area contributed by atoms with E-state index < -0.39 is 16.6 Å². The summed E-state index contributed by atoms with van der Waals surface area (Å²) in [4.78, 5) is 25.0. The summed E-state index contributed by atoms with van der Waals surface area (Å²) in [6, 6.07) is 19.3. The average molecular weight is 341 g/mol. The molecule has 0 aromatic heterocycles. The van der Waals surface area contributed by atoms with Crippen molar-refractivity contribution in [3.63, 3.8) is 0 Å². The number of benzene rings is 2. The van der Waals surface area contributed by atoms with Crippen molar-refractivity contribution in [3.05, 3.63) is 66.2 Å². The van der Waals surface area contributed by atoms with Gasteiger partial charge in [-0.2, -0.15) is 0 Å². The van der Waals surface area contributed by atoms with Crippen LogP contribution in [-0.4, -0.2) is 23.5 Å². The SMILES string of the molecule is O=C(NCC1(C(=O)O)CC1)C(Sc1ccccc1)c1ccccc1. The maximum atomic E-state index is 12.7. The van der Waals surface area contributed by atoms with E-state index >= 15 is 0 Å². The molecule has 0 bridgehead atoms. The van der Waals surface area contributed by atoms with Gasteiger partial charge in [-0.05, 0) is 30.5 Å². The molecular weight excluding hydrogens is 322 g/mol. The van der Waals surface area contributed by atoms with E-state index in [9.17, 15) is 14.7 Å². The van der Waals surface area contributed by atoms with Crippen molar-refractivity contribution in [2.75, 3.05) is 6.54 Å². The highest BCUT2D eigenvalue weighted by molar-refractivity contribution is 8.00. The van der Waals surface area contributed by atoms with E-state index in [2.05, 4.69) is 5.32 Å². The van der Waals surface area contributed by atoms with E-state index in [1.807, 2.05) is 60.7 Å². The van der Waals surface area contributed by atoms with Crippen LogP contribution in [0, 0.1) is 5.41 Å². The lowest BCUT2D eigenvalue weighted by Gasteiger charge is -2.18. The van der Waals surface area contributed by atoms with Gasteiger partial charge in [0.1, 0.15) is 5.25 Å². The number of nitrogens with one attached hydrogen (secondary N) is 1. The zero-order chi connectivity index (χ0) is 17.0. The molecule has 1 saturated carbocycles. The van der Waals surface area contributed by atoms with Crippen LogP contribution in [0.2, 0.25) is 0 Å². The smallest absolute Gasteiger partial charge is 0.311 e. The van der Waals surface area contributed by atoms with Crippen molar-refractivity contribution >= 4 is 23.6 Å². The molecule has 0 radical (unpaired) electrons. The number of carboxylic acids is 1. The third-order valence-corrected chi connectivity index (χ3v) is 5.51. The first-order valence-corrected chi connectivity index (χ1v) is 8.76. The van der Waals surface area contributed by atoms with E-state index in [4.69, 9.17) is 0 Å². The molecule has 0 aliphatic heterocycles. The fourth-order valence-electron chi connectivity index (χ4n) is 2.50. The number of rotatable bonds is 7. The summed E-state index contributed by atoms with van der Waals surface area (Å²) in [7, 11) is 0. The summed E-state index contributed by atoms with van der Waals surface area (Å²) in [5, 5.41) is 11.7. The van der Waals surface area contributed by atoms with Crippen LogP contribution in [0.15, 0.2) is 65.6 Å². The highest BCUT2D eigenvalue weighted by Crippen LogP contribution is 2.45. The minimum atomic E-state index is -0.824. The fraction of sp³-hybridized carbons (Fsp3) is 0.263. The molecule has 5 heteroatoms. The molecule has 1 amide bonds. The molecule has 1 fully saturated rings. The number of hydrogen-bond acceptors (Lipinski definition) is 3. The van der Waals surface area contributed by atoms with E-state index in [0.29, 0.717) is 12.8 Å². The van der Waals surface area contributed by atoms with Crippen LogP contribution in [-0.2, 0) is 9.59 Å². The third kappa shape index (κ3) is 3.79. The Kier molecular flexibility index (Phi) is 4.90. The lowest BCUT2D eigenvalue weighted by Crippen LogP contribution is -2.36. The summed E-state index contributed by atoms with van der Waals surface area (Å²) < 4.78 is 0. The van der Waals surface area contributed by atoms with E-state index in [-0.39, 0.29) is 12.5 Å². The molecule has 24 heavy (non-hydrogen) atoms. The number of thioether (sulfide) groups is 1. The van der Waals surface area contributed by atoms with Crippen LogP contribution in [0.3, 0.4) is 0 Å². The second kappa shape index (κ2) is 7.09. The minimum Gasteiger partial charge on any atom is -0.481 e. The third-order valence-electron chi connectivity index (χ3n) is 4.25. The molecule has 4 nitrogen and oxygen atoms in total. The van der Waals surface area contributed by atoms with Crippen LogP contribution in [0.25, 0.3) is 0 Å². The molecular formula is C19H19NO3S. The standard InChI is InChI=1S/C19H19NO3S/c21-17(20-13-19(11-12-19)18(22)23)16(14-7-3-1-4-8-14)24-15-9-5-2-6-10-15/h1-10,16H,11-13H2,(H,20,21)(H,22,23). The summed E-state index contributed by atoms with van der Waals surface area (Å²) in [6.45, 7) is 0.194. The molecule has 2 aromatic carbocycles. The van der Waals surface area contributed by atoms with Gasteiger partial charge in [0.05, 0.1) is 5.41 Å². The lowest BCUT2D eigenvalue weighted by molar-refractivity contribution is -0.143. The number of carbonyl (C=O) groups excluding carboxylic acids is 1. The van der Waals surface area contributed by atoms with Crippen molar-refractivity contribution in [2.45, 2.75) is 23.0 Å². The maximum absolute atomic E-state index is 12.7. The Hall–Kier alpha value is -2.27. The largest absolute Gasteiger partial charge is 0.481 e. The minimum absolute atomic E-state index is 0.150.